The minimum Gasteiger partial charge on any atom is -0.336 e. The molecule has 1 atom stereocenters. The Kier molecular flexibility index (Phi) is 3.97. The Bertz CT molecular complexity index is 811. The number of anilines is 1. The van der Waals surface area contributed by atoms with Gasteiger partial charge in [0.05, 0.1) is 5.25 Å². The first-order valence-corrected chi connectivity index (χ1v) is 7.63. The van der Waals surface area contributed by atoms with Crippen molar-refractivity contribution in [3.05, 3.63) is 48.8 Å². The number of carbonyl (C=O) groups is 1. The molecule has 3 rings (SSSR count). The van der Waals surface area contributed by atoms with E-state index in [2.05, 4.69) is 15.5 Å². The van der Waals surface area contributed by atoms with Crippen LogP contribution >= 0.6 is 11.8 Å². The molecule has 112 valence electrons. The van der Waals surface area contributed by atoms with Crippen LogP contribution in [-0.2, 0) is 4.79 Å². The zero-order valence-electron chi connectivity index (χ0n) is 11.9. The van der Waals surface area contributed by atoms with Gasteiger partial charge in [-0.3, -0.25) is 4.79 Å². The van der Waals surface area contributed by atoms with Crippen molar-refractivity contribution in [1.29, 1.82) is 0 Å². The van der Waals surface area contributed by atoms with Crippen molar-refractivity contribution in [3.63, 3.8) is 0 Å². The summed E-state index contributed by atoms with van der Waals surface area (Å²) in [4.78, 5) is 12.4. The highest BCUT2D eigenvalue weighted by Gasteiger charge is 2.18. The average Bonchev–Trinajstić information content (AvgIpc) is 2.93. The molecule has 3 aromatic rings. The second-order valence-electron chi connectivity index (χ2n) is 4.80. The van der Waals surface area contributed by atoms with Crippen LogP contribution in [0.2, 0.25) is 0 Å². The van der Waals surface area contributed by atoms with Crippen LogP contribution in [-0.4, -0.2) is 26.0 Å². The number of benzene rings is 2. The third-order valence-corrected chi connectivity index (χ3v) is 4.31. The normalized spacial score (nSPS) is 12.2. The molecule has 1 aromatic heterocycles. The highest BCUT2D eigenvalue weighted by Crippen LogP contribution is 2.25. The van der Waals surface area contributed by atoms with Crippen molar-refractivity contribution in [2.24, 2.45) is 0 Å². The predicted octanol–water partition coefficient (Wildman–Crippen LogP) is 2.26. The lowest BCUT2D eigenvalue weighted by molar-refractivity contribution is -0.115. The first-order chi connectivity index (χ1) is 10.6. The second-order valence-corrected chi connectivity index (χ2v) is 6.10. The molecule has 0 spiro atoms. The smallest absolute Gasteiger partial charge is 0.237 e. The number of hydrogen-bond acceptors (Lipinski definition) is 5. The summed E-state index contributed by atoms with van der Waals surface area (Å²) in [5.41, 5.74) is 0.796. The van der Waals surface area contributed by atoms with Crippen molar-refractivity contribution >= 4 is 34.1 Å². The number of nitrogens with one attached hydrogen (secondary N) is 1. The van der Waals surface area contributed by atoms with Crippen LogP contribution in [0, 0.1) is 0 Å². The number of nitrogens with two attached hydrogens (primary N) is 1. The number of nitrogens with zero attached hydrogens (tertiary/aromatic N) is 3. The van der Waals surface area contributed by atoms with Crippen LogP contribution in [0.1, 0.15) is 6.92 Å². The van der Waals surface area contributed by atoms with Gasteiger partial charge in [0, 0.05) is 11.1 Å². The molecule has 2 aromatic carbocycles. The third-order valence-electron chi connectivity index (χ3n) is 3.24. The molecule has 0 aliphatic heterocycles. The van der Waals surface area contributed by atoms with Crippen molar-refractivity contribution in [1.82, 2.24) is 14.9 Å². The van der Waals surface area contributed by atoms with Crippen molar-refractivity contribution in [2.75, 3.05) is 11.2 Å². The van der Waals surface area contributed by atoms with Gasteiger partial charge in [0.1, 0.15) is 6.33 Å². The number of rotatable bonds is 4. The van der Waals surface area contributed by atoms with Gasteiger partial charge in [-0.25, -0.2) is 4.68 Å². The van der Waals surface area contributed by atoms with E-state index in [0.29, 0.717) is 5.16 Å². The van der Waals surface area contributed by atoms with Gasteiger partial charge in [0.25, 0.3) is 0 Å². The van der Waals surface area contributed by atoms with Gasteiger partial charge < -0.3 is 11.2 Å². The van der Waals surface area contributed by atoms with Gasteiger partial charge in [-0.1, -0.05) is 48.2 Å². The Balaban J connectivity index is 1.77. The molecular formula is C15H15N5OS. The van der Waals surface area contributed by atoms with Crippen LogP contribution < -0.4 is 11.2 Å². The van der Waals surface area contributed by atoms with E-state index < -0.39 is 0 Å². The van der Waals surface area contributed by atoms with Crippen molar-refractivity contribution in [3.8, 4) is 0 Å². The number of hydrogen-bond donors (Lipinski definition) is 2. The van der Waals surface area contributed by atoms with E-state index in [-0.39, 0.29) is 11.2 Å². The number of carbonyl (C=O) groups excluding carboxylic acids is 1. The average molecular weight is 313 g/mol. The van der Waals surface area contributed by atoms with E-state index >= 15 is 0 Å². The number of fused-ring (bicyclic) bond motifs is 1. The lowest BCUT2D eigenvalue weighted by atomic mass is 10.1. The van der Waals surface area contributed by atoms with Crippen LogP contribution in [0.3, 0.4) is 0 Å². The minimum atomic E-state index is -0.342. The summed E-state index contributed by atoms with van der Waals surface area (Å²) >= 11 is 1.26. The fraction of sp³-hybridized carbons (Fsp3) is 0.133. The summed E-state index contributed by atoms with van der Waals surface area (Å²) in [5, 5.41) is 12.8. The van der Waals surface area contributed by atoms with E-state index in [1.807, 2.05) is 42.5 Å². The Morgan fingerprint density at radius 2 is 2.05 bits per heavy atom. The maximum absolute atomic E-state index is 12.4. The number of thioether (sulfide) groups is 1. The molecule has 0 saturated heterocycles. The summed E-state index contributed by atoms with van der Waals surface area (Å²) < 4.78 is 1.30. The van der Waals surface area contributed by atoms with E-state index in [9.17, 15) is 4.79 Å². The zero-order valence-corrected chi connectivity index (χ0v) is 12.7. The van der Waals surface area contributed by atoms with E-state index in [1.54, 1.807) is 6.92 Å². The quantitative estimate of drug-likeness (QED) is 0.570. The van der Waals surface area contributed by atoms with Gasteiger partial charge >= 0.3 is 0 Å². The monoisotopic (exact) mass is 313 g/mol. The summed E-state index contributed by atoms with van der Waals surface area (Å²) in [6, 6.07) is 13.8. The summed E-state index contributed by atoms with van der Waals surface area (Å²) in [6.07, 6.45) is 1.40. The lowest BCUT2D eigenvalue weighted by Crippen LogP contribution is -2.23. The first-order valence-electron chi connectivity index (χ1n) is 6.75. The van der Waals surface area contributed by atoms with E-state index in [1.165, 1.54) is 22.8 Å². The predicted molar refractivity (Wildman–Crippen MR) is 88.1 cm³/mol. The van der Waals surface area contributed by atoms with Gasteiger partial charge in [0.2, 0.25) is 11.1 Å². The van der Waals surface area contributed by atoms with Crippen LogP contribution in [0.4, 0.5) is 5.69 Å². The Morgan fingerprint density at radius 3 is 2.82 bits per heavy atom. The minimum absolute atomic E-state index is 0.107. The standard InChI is InChI=1S/C15H15N5OS/c1-10(22-15-19-17-9-20(15)16)14(21)18-13-8-4-6-11-5-2-3-7-12(11)13/h2-10H,16H2,1H3,(H,18,21)/t10-/m0/s1. The molecule has 22 heavy (non-hydrogen) atoms. The molecule has 0 bridgehead atoms. The molecule has 0 radical (unpaired) electrons. The van der Waals surface area contributed by atoms with Crippen LogP contribution in [0.15, 0.2) is 53.9 Å². The largest absolute Gasteiger partial charge is 0.336 e. The maximum Gasteiger partial charge on any atom is 0.237 e. The van der Waals surface area contributed by atoms with Gasteiger partial charge in [-0.05, 0) is 18.4 Å². The highest BCUT2D eigenvalue weighted by molar-refractivity contribution is 8.00. The molecule has 1 heterocycles. The first kappa shape index (κ1) is 14.4. The van der Waals surface area contributed by atoms with Crippen molar-refractivity contribution < 1.29 is 4.79 Å². The summed E-state index contributed by atoms with van der Waals surface area (Å²) in [7, 11) is 0. The van der Waals surface area contributed by atoms with Gasteiger partial charge in [0.15, 0.2) is 0 Å². The molecule has 0 aliphatic rings. The second kappa shape index (κ2) is 6.07. The van der Waals surface area contributed by atoms with Crippen LogP contribution in [0.5, 0.6) is 0 Å². The van der Waals surface area contributed by atoms with Crippen LogP contribution in [0.25, 0.3) is 10.8 Å². The lowest BCUT2D eigenvalue weighted by Gasteiger charge is -2.13. The maximum atomic E-state index is 12.4. The molecule has 3 N–H and O–H groups in total. The molecular weight excluding hydrogens is 298 g/mol. The molecule has 1 amide bonds. The molecule has 6 nitrogen and oxygen atoms in total. The Morgan fingerprint density at radius 1 is 1.27 bits per heavy atom. The molecule has 0 unspecified atom stereocenters. The topological polar surface area (TPSA) is 85.8 Å². The Hall–Kier alpha value is -2.54. The van der Waals surface area contributed by atoms with Crippen molar-refractivity contribution in [2.45, 2.75) is 17.3 Å². The number of aromatic nitrogens is 3. The molecule has 0 aliphatic carbocycles. The third kappa shape index (κ3) is 2.89. The SMILES string of the molecule is C[C@H](Sc1nncn1N)C(=O)Nc1cccc2ccccc12. The number of amides is 1. The summed E-state index contributed by atoms with van der Waals surface area (Å²) in [5.74, 6) is 5.55. The summed E-state index contributed by atoms with van der Waals surface area (Å²) in [6.45, 7) is 1.81. The van der Waals surface area contributed by atoms with E-state index in [0.717, 1.165) is 16.5 Å². The van der Waals surface area contributed by atoms with Gasteiger partial charge in [-0.15, -0.1) is 10.2 Å². The molecule has 0 saturated carbocycles. The molecule has 0 fully saturated rings. The zero-order chi connectivity index (χ0) is 15.5. The van der Waals surface area contributed by atoms with E-state index in [4.69, 9.17) is 5.84 Å². The fourth-order valence-electron chi connectivity index (χ4n) is 2.10. The fourth-order valence-corrected chi connectivity index (χ4v) is 2.84. The van der Waals surface area contributed by atoms with Gasteiger partial charge in [-0.2, -0.15) is 0 Å². The molecule has 7 heteroatoms. The Labute approximate surface area is 131 Å². The highest BCUT2D eigenvalue weighted by atomic mass is 32.2. The number of nitrogen functional groups attached to an aromatic ring is 1.